The van der Waals surface area contributed by atoms with Gasteiger partial charge >= 0.3 is 0 Å². The lowest BCUT2D eigenvalue weighted by atomic mass is 10.1. The zero-order chi connectivity index (χ0) is 20.2. The fourth-order valence-corrected chi connectivity index (χ4v) is 2.73. The van der Waals surface area contributed by atoms with Crippen molar-refractivity contribution >= 4 is 11.8 Å². The molecule has 5 heteroatoms. The summed E-state index contributed by atoms with van der Waals surface area (Å²) in [4.78, 5) is 24.2. The van der Waals surface area contributed by atoms with E-state index in [1.54, 1.807) is 12.1 Å². The normalized spacial score (nSPS) is 11.5. The smallest absolute Gasteiger partial charge is 0.251 e. The first-order valence-corrected chi connectivity index (χ1v) is 9.93. The molecule has 0 aliphatic carbocycles. The van der Waals surface area contributed by atoms with Gasteiger partial charge in [0.15, 0.2) is 0 Å². The van der Waals surface area contributed by atoms with E-state index in [0.29, 0.717) is 12.1 Å². The lowest BCUT2D eigenvalue weighted by Gasteiger charge is -2.14. The largest absolute Gasteiger partial charge is 0.494 e. The Hall–Kier alpha value is -2.82. The minimum Gasteiger partial charge on any atom is -0.494 e. The summed E-state index contributed by atoms with van der Waals surface area (Å²) >= 11 is 0. The average Bonchev–Trinajstić information content (AvgIpc) is 2.70. The van der Waals surface area contributed by atoms with E-state index >= 15 is 0 Å². The number of ether oxygens (including phenoxy) is 1. The average molecular weight is 383 g/mol. The topological polar surface area (TPSA) is 67.4 Å². The first-order chi connectivity index (χ1) is 13.6. The Bertz CT molecular complexity index is 729. The number of amides is 2. The van der Waals surface area contributed by atoms with Gasteiger partial charge in [0.2, 0.25) is 5.91 Å². The molecule has 28 heavy (non-hydrogen) atoms. The molecule has 2 aromatic carbocycles. The van der Waals surface area contributed by atoms with Crippen LogP contribution in [0.4, 0.5) is 0 Å². The van der Waals surface area contributed by atoms with Crippen LogP contribution in [-0.4, -0.2) is 31.0 Å². The molecule has 0 aromatic heterocycles. The van der Waals surface area contributed by atoms with Crippen LogP contribution in [0, 0.1) is 0 Å². The minimum atomic E-state index is -0.229. The number of rotatable bonds is 11. The molecule has 0 heterocycles. The van der Waals surface area contributed by atoms with E-state index in [1.807, 2.05) is 49.4 Å². The molecular formula is C23H30N2O3. The fraction of sp³-hybridized carbons (Fsp3) is 0.391. The summed E-state index contributed by atoms with van der Waals surface area (Å²) in [6.07, 6.45) is 3.18. The van der Waals surface area contributed by atoms with Gasteiger partial charge in [-0.2, -0.15) is 0 Å². The highest BCUT2D eigenvalue weighted by Gasteiger charge is 2.12. The Morgan fingerprint density at radius 3 is 2.43 bits per heavy atom. The third-order valence-electron chi connectivity index (χ3n) is 4.33. The highest BCUT2D eigenvalue weighted by atomic mass is 16.5. The van der Waals surface area contributed by atoms with Gasteiger partial charge in [0.25, 0.3) is 5.91 Å². The number of hydrogen-bond donors (Lipinski definition) is 2. The van der Waals surface area contributed by atoms with Crippen LogP contribution in [0.1, 0.15) is 49.0 Å². The summed E-state index contributed by atoms with van der Waals surface area (Å²) in [5, 5.41) is 5.76. The number of benzene rings is 2. The van der Waals surface area contributed by atoms with Crippen LogP contribution < -0.4 is 15.4 Å². The van der Waals surface area contributed by atoms with E-state index in [2.05, 4.69) is 17.6 Å². The molecule has 2 rings (SSSR count). The quantitative estimate of drug-likeness (QED) is 0.582. The van der Waals surface area contributed by atoms with E-state index < -0.39 is 0 Å². The molecule has 0 radical (unpaired) electrons. The van der Waals surface area contributed by atoms with Crippen molar-refractivity contribution < 1.29 is 14.3 Å². The second-order valence-electron chi connectivity index (χ2n) is 6.89. The minimum absolute atomic E-state index is 0.0691. The van der Waals surface area contributed by atoms with Gasteiger partial charge in [-0.15, -0.1) is 0 Å². The SMILES string of the molecule is CCCCOc1ccc(CCNC(=O)CC(C)NC(=O)c2ccccc2)cc1. The molecule has 150 valence electrons. The van der Waals surface area contributed by atoms with Gasteiger partial charge < -0.3 is 15.4 Å². The second kappa shape index (κ2) is 11.8. The van der Waals surface area contributed by atoms with Crippen LogP contribution in [0.25, 0.3) is 0 Å². The third-order valence-corrected chi connectivity index (χ3v) is 4.33. The Balaban J connectivity index is 1.66. The van der Waals surface area contributed by atoms with Gasteiger partial charge in [0.1, 0.15) is 5.75 Å². The molecule has 0 saturated carbocycles. The molecule has 2 amide bonds. The number of carbonyl (C=O) groups excluding carboxylic acids is 2. The first kappa shape index (κ1) is 21.5. The summed E-state index contributed by atoms with van der Waals surface area (Å²) < 4.78 is 5.65. The molecule has 1 unspecified atom stereocenters. The number of nitrogens with one attached hydrogen (secondary N) is 2. The van der Waals surface area contributed by atoms with Gasteiger partial charge in [-0.25, -0.2) is 0 Å². The van der Waals surface area contributed by atoms with Crippen LogP contribution >= 0.6 is 0 Å². The van der Waals surface area contributed by atoms with Gasteiger partial charge in [-0.1, -0.05) is 43.7 Å². The molecule has 0 aliphatic heterocycles. The number of carbonyl (C=O) groups is 2. The second-order valence-corrected chi connectivity index (χ2v) is 6.89. The van der Waals surface area contributed by atoms with Crippen molar-refractivity contribution in [2.24, 2.45) is 0 Å². The molecule has 0 fully saturated rings. The predicted octanol–water partition coefficient (Wildman–Crippen LogP) is 3.73. The maximum Gasteiger partial charge on any atom is 0.251 e. The van der Waals surface area contributed by atoms with Crippen LogP contribution in [0.2, 0.25) is 0 Å². The lowest BCUT2D eigenvalue weighted by Crippen LogP contribution is -2.37. The maximum absolute atomic E-state index is 12.1. The highest BCUT2D eigenvalue weighted by Crippen LogP contribution is 2.13. The summed E-state index contributed by atoms with van der Waals surface area (Å²) in [7, 11) is 0. The molecule has 2 aromatic rings. The van der Waals surface area contributed by atoms with Crippen molar-refractivity contribution in [3.63, 3.8) is 0 Å². The van der Waals surface area contributed by atoms with Crippen molar-refractivity contribution in [2.75, 3.05) is 13.2 Å². The molecule has 2 N–H and O–H groups in total. The van der Waals surface area contributed by atoms with E-state index in [1.165, 1.54) is 0 Å². The molecule has 5 nitrogen and oxygen atoms in total. The first-order valence-electron chi connectivity index (χ1n) is 9.93. The summed E-state index contributed by atoms with van der Waals surface area (Å²) in [5.41, 5.74) is 1.74. The summed E-state index contributed by atoms with van der Waals surface area (Å²) in [5.74, 6) is 0.645. The number of unbranched alkanes of at least 4 members (excludes halogenated alkanes) is 1. The predicted molar refractivity (Wildman–Crippen MR) is 112 cm³/mol. The van der Waals surface area contributed by atoms with Crippen molar-refractivity contribution in [2.45, 2.75) is 45.6 Å². The van der Waals surface area contributed by atoms with Crippen molar-refractivity contribution in [1.29, 1.82) is 0 Å². The van der Waals surface area contributed by atoms with Gasteiger partial charge in [0.05, 0.1) is 6.61 Å². The van der Waals surface area contributed by atoms with Crippen LogP contribution in [0.3, 0.4) is 0 Å². The Morgan fingerprint density at radius 1 is 1.04 bits per heavy atom. The molecule has 1 atom stereocenters. The van der Waals surface area contributed by atoms with E-state index in [9.17, 15) is 9.59 Å². The van der Waals surface area contributed by atoms with Crippen LogP contribution in [0.5, 0.6) is 5.75 Å². The van der Waals surface area contributed by atoms with E-state index in [4.69, 9.17) is 4.74 Å². The standard InChI is InChI=1S/C23H30N2O3/c1-3-4-16-28-21-12-10-19(11-13-21)14-15-24-22(26)17-18(2)25-23(27)20-8-6-5-7-9-20/h5-13,18H,3-4,14-17H2,1-2H3,(H,24,26)(H,25,27). The van der Waals surface area contributed by atoms with E-state index in [-0.39, 0.29) is 24.3 Å². The molecule has 0 bridgehead atoms. The van der Waals surface area contributed by atoms with Crippen molar-refractivity contribution in [1.82, 2.24) is 10.6 Å². The van der Waals surface area contributed by atoms with Crippen LogP contribution in [-0.2, 0) is 11.2 Å². The Morgan fingerprint density at radius 2 is 1.75 bits per heavy atom. The van der Waals surface area contributed by atoms with Crippen LogP contribution in [0.15, 0.2) is 54.6 Å². The Kier molecular flexibility index (Phi) is 9.05. The number of hydrogen-bond acceptors (Lipinski definition) is 3. The lowest BCUT2D eigenvalue weighted by molar-refractivity contribution is -0.121. The Labute approximate surface area is 167 Å². The maximum atomic E-state index is 12.1. The molecule has 0 saturated heterocycles. The van der Waals surface area contributed by atoms with Crippen molar-refractivity contribution in [3.8, 4) is 5.75 Å². The summed E-state index contributed by atoms with van der Waals surface area (Å²) in [6.45, 7) is 5.27. The molecule has 0 spiro atoms. The highest BCUT2D eigenvalue weighted by molar-refractivity contribution is 5.94. The monoisotopic (exact) mass is 382 g/mol. The van der Waals surface area contributed by atoms with Gasteiger partial charge in [0, 0.05) is 24.6 Å². The zero-order valence-corrected chi connectivity index (χ0v) is 16.7. The van der Waals surface area contributed by atoms with Gasteiger partial charge in [-0.05, 0) is 49.6 Å². The summed E-state index contributed by atoms with van der Waals surface area (Å²) in [6, 6.07) is 16.7. The molecule has 0 aliphatic rings. The fourth-order valence-electron chi connectivity index (χ4n) is 2.73. The van der Waals surface area contributed by atoms with Crippen molar-refractivity contribution in [3.05, 3.63) is 65.7 Å². The van der Waals surface area contributed by atoms with Gasteiger partial charge in [-0.3, -0.25) is 9.59 Å². The zero-order valence-electron chi connectivity index (χ0n) is 16.7. The van der Waals surface area contributed by atoms with E-state index in [0.717, 1.165) is 37.2 Å². The molecular weight excluding hydrogens is 352 g/mol. The third kappa shape index (κ3) is 7.82.